The van der Waals surface area contributed by atoms with Gasteiger partial charge < -0.3 is 44.6 Å². The second-order valence-electron chi connectivity index (χ2n) is 9.95. The van der Waals surface area contributed by atoms with Gasteiger partial charge in [0.15, 0.2) is 5.96 Å². The van der Waals surface area contributed by atoms with Gasteiger partial charge in [-0.3, -0.25) is 24.2 Å². The Hall–Kier alpha value is -4.49. The summed E-state index contributed by atoms with van der Waals surface area (Å²) in [5, 5.41) is 7.63. The van der Waals surface area contributed by atoms with E-state index in [1.54, 1.807) is 30.3 Å². The number of nitrogens with zero attached hydrogens (tertiary/aromatic N) is 1. The summed E-state index contributed by atoms with van der Waals surface area (Å²) in [6.45, 7) is -1.87. The van der Waals surface area contributed by atoms with Crippen LogP contribution in [0.15, 0.2) is 65.7 Å². The van der Waals surface area contributed by atoms with E-state index in [-0.39, 0.29) is 51.0 Å². The predicted molar refractivity (Wildman–Crippen MR) is 166 cm³/mol. The van der Waals surface area contributed by atoms with E-state index in [1.807, 2.05) is 30.3 Å². The van der Waals surface area contributed by atoms with Crippen molar-refractivity contribution in [2.45, 2.75) is 69.1 Å². The fourth-order valence-electron chi connectivity index (χ4n) is 4.19. The molecule has 0 saturated carbocycles. The van der Waals surface area contributed by atoms with E-state index >= 15 is 0 Å². The highest BCUT2D eigenvalue weighted by atomic mass is 16.2. The van der Waals surface area contributed by atoms with Crippen molar-refractivity contribution >= 4 is 29.6 Å². The molecule has 234 valence electrons. The Labute approximate surface area is 256 Å². The van der Waals surface area contributed by atoms with Crippen LogP contribution in [0.2, 0.25) is 0 Å². The van der Waals surface area contributed by atoms with E-state index in [4.69, 9.17) is 32.8 Å². The van der Waals surface area contributed by atoms with Gasteiger partial charge in [-0.15, -0.1) is 0 Å². The fraction of sp³-hybridized carbons (Fsp3) is 0.433. The van der Waals surface area contributed by atoms with Gasteiger partial charge in [0.25, 0.3) is 0 Å². The largest absolute Gasteiger partial charge is 0.370 e. The van der Waals surface area contributed by atoms with Gasteiger partial charge in [-0.05, 0) is 56.1 Å². The Bertz CT molecular complexity index is 1330. The van der Waals surface area contributed by atoms with Crippen LogP contribution < -0.4 is 44.6 Å². The summed E-state index contributed by atoms with van der Waals surface area (Å²) < 4.78 is 23.5. The van der Waals surface area contributed by atoms with Crippen molar-refractivity contribution < 1.29 is 23.3 Å². The van der Waals surface area contributed by atoms with E-state index in [0.717, 1.165) is 5.56 Å². The minimum atomic E-state index is -2.31. The number of hydrogen-bond acceptors (Lipinski definition) is 7. The average Bonchev–Trinajstić information content (AvgIpc) is 2.98. The number of nitrogens with one attached hydrogen (secondary N) is 3. The zero-order chi connectivity index (χ0) is 34.3. The molecule has 13 heteroatoms. The van der Waals surface area contributed by atoms with Crippen molar-refractivity contribution in [2.24, 2.45) is 33.7 Å². The van der Waals surface area contributed by atoms with Gasteiger partial charge in [0.2, 0.25) is 23.6 Å². The number of guanidine groups is 1. The molecule has 2 aromatic carbocycles. The lowest BCUT2D eigenvalue weighted by Gasteiger charge is -2.25. The number of amides is 4. The molecule has 0 aliphatic carbocycles. The Kier molecular flexibility index (Phi) is 13.1. The number of hydrogen-bond donors (Lipinski definition) is 8. The predicted octanol–water partition coefficient (Wildman–Crippen LogP) is -1.08. The molecule has 2 rings (SSSR count). The Morgan fingerprint density at radius 3 is 1.86 bits per heavy atom. The number of aliphatic imine (C=N–C) groups is 1. The first kappa shape index (κ1) is 30.0. The van der Waals surface area contributed by atoms with Crippen LogP contribution in [0, 0.1) is 0 Å². The summed E-state index contributed by atoms with van der Waals surface area (Å²) in [4.78, 5) is 56.4. The van der Waals surface area contributed by atoms with Crippen molar-refractivity contribution in [1.82, 2.24) is 16.0 Å². The minimum absolute atomic E-state index is 0.0270. The molecule has 0 spiro atoms. The summed E-state index contributed by atoms with van der Waals surface area (Å²) in [5.74, 6) is -3.49. The number of primary amides is 1. The lowest BCUT2D eigenvalue weighted by Crippen LogP contribution is -2.58. The average molecular weight is 599 g/mol. The molecule has 0 aliphatic heterocycles. The Morgan fingerprint density at radius 1 is 0.744 bits per heavy atom. The molecule has 4 amide bonds. The summed E-state index contributed by atoms with van der Waals surface area (Å²) in [6.07, 6.45) is 0.0508. The third kappa shape index (κ3) is 13.4. The van der Waals surface area contributed by atoms with Crippen LogP contribution in [0.5, 0.6) is 0 Å². The second kappa shape index (κ2) is 18.8. The van der Waals surface area contributed by atoms with Gasteiger partial charge >= 0.3 is 0 Å². The van der Waals surface area contributed by atoms with E-state index in [9.17, 15) is 19.2 Å². The van der Waals surface area contributed by atoms with Crippen molar-refractivity contribution in [1.29, 1.82) is 0 Å². The zero-order valence-electron chi connectivity index (χ0n) is 27.1. The number of benzene rings is 2. The number of nitrogens with two attached hydrogens (primary N) is 5. The van der Waals surface area contributed by atoms with Gasteiger partial charge in [0.05, 0.1) is 7.41 Å². The molecule has 0 unspecified atom stereocenters. The first-order chi connectivity index (χ1) is 21.6. The molecule has 0 bridgehead atoms. The van der Waals surface area contributed by atoms with Crippen LogP contribution in [-0.4, -0.2) is 66.8 Å². The summed E-state index contributed by atoms with van der Waals surface area (Å²) >= 11 is 0. The van der Waals surface area contributed by atoms with E-state index < -0.39 is 54.3 Å². The molecule has 13 N–H and O–H groups in total. The number of carbonyl (C=O) groups is 4. The summed E-state index contributed by atoms with van der Waals surface area (Å²) in [7, 11) is 0. The van der Waals surface area contributed by atoms with Gasteiger partial charge in [0.1, 0.15) is 18.1 Å². The normalized spacial score (nSPS) is 15.6. The third-order valence-electron chi connectivity index (χ3n) is 6.45. The van der Waals surface area contributed by atoms with Crippen molar-refractivity contribution in [3.05, 3.63) is 71.8 Å². The molecule has 0 saturated heterocycles. The zero-order valence-corrected chi connectivity index (χ0v) is 24.1. The molecular formula is C30H45N9O4. The maximum atomic E-state index is 13.6. The Balaban J connectivity index is 2.28. The fourth-order valence-corrected chi connectivity index (χ4v) is 4.19. The molecule has 0 fully saturated rings. The van der Waals surface area contributed by atoms with Crippen LogP contribution in [0.3, 0.4) is 0 Å². The highest BCUT2D eigenvalue weighted by molar-refractivity contribution is 5.94. The molecule has 0 aromatic heterocycles. The standard InChI is InChI=1S/C30H45N9O4/c31-16-8-7-14-23(26(33)40)37-29(43)25(19-21-12-5-2-6-13-21)39-28(42)24(15-9-17-36-30(34)35)38-27(41)22(32)18-20-10-3-1-4-11-20/h1-6,10-13,22-25H,7-9,14-19,31-32H2,(H2,33,40)(H,37,43)(H,38,41)(H,39,42)(H4,34,35,36)/t22-,23-,24+,25-/m0/s1/i16D2,23D. The lowest BCUT2D eigenvalue weighted by atomic mass is 10.0. The molecule has 4 atom stereocenters. The molecule has 13 nitrogen and oxygen atoms in total. The number of rotatable bonds is 19. The van der Waals surface area contributed by atoms with Gasteiger partial charge in [0, 0.05) is 15.7 Å². The molecule has 0 aliphatic rings. The highest BCUT2D eigenvalue weighted by Gasteiger charge is 2.30. The minimum Gasteiger partial charge on any atom is -0.370 e. The number of carbonyl (C=O) groups excluding carboxylic acids is 4. The van der Waals surface area contributed by atoms with Crippen molar-refractivity contribution in [3.8, 4) is 0 Å². The van der Waals surface area contributed by atoms with Crippen LogP contribution in [-0.2, 0) is 32.0 Å². The SMILES string of the molecule is [2H]C([2H])(N)CCC[C@]([2H])(NC(=O)[C@H](Cc1ccccc1)NC(=O)[C@@H](CCCN=C(N)N)NC(=O)[C@@H](N)Cc1ccccc1)C(N)=O. The van der Waals surface area contributed by atoms with Crippen LogP contribution in [0.4, 0.5) is 0 Å². The van der Waals surface area contributed by atoms with E-state index in [2.05, 4.69) is 20.9 Å². The van der Waals surface area contributed by atoms with Gasteiger partial charge in [-0.2, -0.15) is 0 Å². The summed E-state index contributed by atoms with van der Waals surface area (Å²) in [5.41, 5.74) is 29.3. The smallest absolute Gasteiger partial charge is 0.243 e. The van der Waals surface area contributed by atoms with E-state index in [1.165, 1.54) is 0 Å². The highest BCUT2D eigenvalue weighted by Crippen LogP contribution is 2.09. The van der Waals surface area contributed by atoms with Crippen molar-refractivity contribution in [3.63, 3.8) is 0 Å². The molecular weight excluding hydrogens is 550 g/mol. The van der Waals surface area contributed by atoms with Gasteiger partial charge in [-0.25, -0.2) is 0 Å². The Morgan fingerprint density at radius 2 is 1.30 bits per heavy atom. The van der Waals surface area contributed by atoms with Crippen LogP contribution in [0.25, 0.3) is 0 Å². The second-order valence-corrected chi connectivity index (χ2v) is 9.95. The summed E-state index contributed by atoms with van der Waals surface area (Å²) in [6, 6.07) is 12.1. The monoisotopic (exact) mass is 598 g/mol. The maximum absolute atomic E-state index is 13.6. The lowest BCUT2D eigenvalue weighted by molar-refractivity contribution is -0.133. The quantitative estimate of drug-likeness (QED) is 0.0560. The first-order valence-electron chi connectivity index (χ1n) is 15.5. The maximum Gasteiger partial charge on any atom is 0.243 e. The van der Waals surface area contributed by atoms with Crippen LogP contribution in [0.1, 0.15) is 47.3 Å². The molecule has 43 heavy (non-hydrogen) atoms. The van der Waals surface area contributed by atoms with E-state index in [0.29, 0.717) is 12.0 Å². The van der Waals surface area contributed by atoms with Crippen LogP contribution >= 0.6 is 0 Å². The molecule has 0 radical (unpaired) electrons. The molecule has 0 heterocycles. The van der Waals surface area contributed by atoms with Gasteiger partial charge in [-0.1, -0.05) is 60.7 Å². The molecule has 2 aromatic rings. The first-order valence-corrected chi connectivity index (χ1v) is 14.0. The van der Waals surface area contributed by atoms with Crippen molar-refractivity contribution in [2.75, 3.05) is 13.0 Å². The topological polar surface area (TPSA) is 247 Å². The third-order valence-corrected chi connectivity index (χ3v) is 6.45.